The van der Waals surface area contributed by atoms with Gasteiger partial charge in [-0.3, -0.25) is 14.1 Å². The lowest BCUT2D eigenvalue weighted by molar-refractivity contribution is -0.143. The highest BCUT2D eigenvalue weighted by Gasteiger charge is 2.28. The first-order chi connectivity index (χ1) is 14.4. The van der Waals surface area contributed by atoms with Gasteiger partial charge in [0.2, 0.25) is 5.09 Å². The number of hydrogen-bond donors (Lipinski definition) is 1. The SMILES string of the molecule is CCOC(=O)CC1CN=C(c2cc3cccc(N(C)S(=O)(=O)c4ccco4)c3[nH]2)S1. The molecule has 0 spiro atoms. The molecule has 1 unspecified atom stereocenters. The number of hydrogen-bond acceptors (Lipinski definition) is 7. The summed E-state index contributed by atoms with van der Waals surface area (Å²) in [5.41, 5.74) is 1.97. The van der Waals surface area contributed by atoms with Crippen LogP contribution in [-0.2, 0) is 19.6 Å². The third-order valence-corrected chi connectivity index (χ3v) is 7.61. The summed E-state index contributed by atoms with van der Waals surface area (Å²) in [4.78, 5) is 19.6. The summed E-state index contributed by atoms with van der Waals surface area (Å²) in [5, 5.41) is 1.57. The van der Waals surface area contributed by atoms with E-state index in [1.54, 1.807) is 19.1 Å². The average Bonchev–Trinajstić information content (AvgIpc) is 3.46. The van der Waals surface area contributed by atoms with Crippen LogP contribution in [0.4, 0.5) is 5.69 Å². The van der Waals surface area contributed by atoms with E-state index >= 15 is 0 Å². The number of aromatic nitrogens is 1. The van der Waals surface area contributed by atoms with Crippen LogP contribution < -0.4 is 4.31 Å². The number of aliphatic imine (C=N–C) groups is 1. The van der Waals surface area contributed by atoms with E-state index in [1.165, 1.54) is 41.5 Å². The summed E-state index contributed by atoms with van der Waals surface area (Å²) in [6.07, 6.45) is 1.64. The molecule has 1 aliphatic heterocycles. The number of nitrogens with one attached hydrogen (secondary N) is 1. The first-order valence-corrected chi connectivity index (χ1v) is 11.7. The van der Waals surface area contributed by atoms with Crippen LogP contribution in [0.25, 0.3) is 10.9 Å². The largest absolute Gasteiger partial charge is 0.466 e. The smallest absolute Gasteiger partial charge is 0.306 e. The van der Waals surface area contributed by atoms with Crippen molar-refractivity contribution >= 4 is 49.4 Å². The molecule has 0 amide bonds. The summed E-state index contributed by atoms with van der Waals surface area (Å²) >= 11 is 1.52. The Kier molecular flexibility index (Phi) is 5.61. The summed E-state index contributed by atoms with van der Waals surface area (Å²) in [7, 11) is -2.33. The predicted octanol–water partition coefficient (Wildman–Crippen LogP) is 3.40. The van der Waals surface area contributed by atoms with Gasteiger partial charge < -0.3 is 14.1 Å². The molecule has 0 radical (unpaired) electrons. The lowest BCUT2D eigenvalue weighted by Crippen LogP contribution is -2.26. The maximum absolute atomic E-state index is 12.8. The second-order valence-electron chi connectivity index (χ2n) is 6.72. The van der Waals surface area contributed by atoms with E-state index in [0.29, 0.717) is 30.8 Å². The van der Waals surface area contributed by atoms with Crippen LogP contribution >= 0.6 is 11.8 Å². The number of benzene rings is 1. The van der Waals surface area contributed by atoms with Crippen molar-refractivity contribution in [3.8, 4) is 0 Å². The van der Waals surface area contributed by atoms with Crippen molar-refractivity contribution in [3.63, 3.8) is 0 Å². The number of thioether (sulfide) groups is 1. The molecule has 10 heteroatoms. The highest BCUT2D eigenvalue weighted by atomic mass is 32.2. The van der Waals surface area contributed by atoms with Gasteiger partial charge in [0.15, 0.2) is 0 Å². The van der Waals surface area contributed by atoms with Gasteiger partial charge in [-0.05, 0) is 31.2 Å². The third-order valence-electron chi connectivity index (χ3n) is 4.73. The fourth-order valence-corrected chi connectivity index (χ4v) is 5.45. The first-order valence-electron chi connectivity index (χ1n) is 9.41. The number of carbonyl (C=O) groups is 1. The number of esters is 1. The zero-order chi connectivity index (χ0) is 21.3. The van der Waals surface area contributed by atoms with Gasteiger partial charge in [-0.25, -0.2) is 0 Å². The Hall–Kier alpha value is -2.72. The molecule has 1 N–H and O–H groups in total. The van der Waals surface area contributed by atoms with Gasteiger partial charge in [0.1, 0.15) is 5.04 Å². The number of ether oxygens (including phenoxy) is 1. The second-order valence-corrected chi connectivity index (χ2v) is 9.91. The molecular weight excluding hydrogens is 426 g/mol. The van der Waals surface area contributed by atoms with Crippen molar-refractivity contribution < 1.29 is 22.4 Å². The van der Waals surface area contributed by atoms with Crippen LogP contribution in [0, 0.1) is 0 Å². The van der Waals surface area contributed by atoms with E-state index in [9.17, 15) is 13.2 Å². The van der Waals surface area contributed by atoms with E-state index < -0.39 is 10.0 Å². The fourth-order valence-electron chi connectivity index (χ4n) is 3.27. The molecular formula is C20H21N3O5S2. The Morgan fingerprint density at radius 3 is 2.93 bits per heavy atom. The summed E-state index contributed by atoms with van der Waals surface area (Å²) in [5.74, 6) is -0.227. The normalized spacial score (nSPS) is 16.6. The van der Waals surface area contributed by atoms with E-state index in [0.717, 1.165) is 16.1 Å². The Morgan fingerprint density at radius 2 is 2.20 bits per heavy atom. The lowest BCUT2D eigenvalue weighted by Gasteiger charge is -2.18. The van der Waals surface area contributed by atoms with Gasteiger partial charge in [-0.1, -0.05) is 23.9 Å². The van der Waals surface area contributed by atoms with Crippen LogP contribution in [0.3, 0.4) is 0 Å². The molecule has 0 aliphatic carbocycles. The minimum absolute atomic E-state index is 0.0342. The highest BCUT2D eigenvalue weighted by molar-refractivity contribution is 8.15. The van der Waals surface area contributed by atoms with Crippen LogP contribution in [-0.4, -0.2) is 49.9 Å². The standard InChI is InChI=1S/C20H21N3O5S2/c1-3-27-17(24)11-14-12-21-20(29-14)15-10-13-6-4-7-16(19(13)22-15)23(2)30(25,26)18-8-5-9-28-18/h4-10,14,22H,3,11-12H2,1-2H3. The Balaban J connectivity index is 1.60. The van der Waals surface area contributed by atoms with Crippen LogP contribution in [0.1, 0.15) is 19.0 Å². The van der Waals surface area contributed by atoms with Crippen molar-refractivity contribution in [2.75, 3.05) is 24.5 Å². The highest BCUT2D eigenvalue weighted by Crippen LogP contribution is 2.33. The Morgan fingerprint density at radius 1 is 1.37 bits per heavy atom. The van der Waals surface area contributed by atoms with Crippen LogP contribution in [0.5, 0.6) is 0 Å². The number of fused-ring (bicyclic) bond motifs is 1. The maximum atomic E-state index is 12.8. The average molecular weight is 448 g/mol. The second kappa shape index (κ2) is 8.19. The van der Waals surface area contributed by atoms with E-state index in [-0.39, 0.29) is 16.3 Å². The number of sulfonamides is 1. The van der Waals surface area contributed by atoms with Gasteiger partial charge in [0.25, 0.3) is 10.0 Å². The molecule has 0 saturated heterocycles. The van der Waals surface area contributed by atoms with Gasteiger partial charge in [0, 0.05) is 17.7 Å². The molecule has 2 aromatic heterocycles. The van der Waals surface area contributed by atoms with Gasteiger partial charge in [-0.2, -0.15) is 8.42 Å². The van der Waals surface area contributed by atoms with E-state index in [1.807, 2.05) is 12.1 Å². The summed E-state index contributed by atoms with van der Waals surface area (Å²) in [6.45, 7) is 2.68. The minimum Gasteiger partial charge on any atom is -0.466 e. The van der Waals surface area contributed by atoms with E-state index in [2.05, 4.69) is 9.98 Å². The predicted molar refractivity (Wildman–Crippen MR) is 117 cm³/mol. The van der Waals surface area contributed by atoms with Gasteiger partial charge in [0.05, 0.1) is 42.7 Å². The monoisotopic (exact) mass is 447 g/mol. The number of H-pyrrole nitrogens is 1. The zero-order valence-corrected chi connectivity index (χ0v) is 18.1. The molecule has 30 heavy (non-hydrogen) atoms. The summed E-state index contributed by atoms with van der Waals surface area (Å²) < 4.78 is 37.0. The van der Waals surface area contributed by atoms with Gasteiger partial charge >= 0.3 is 5.97 Å². The molecule has 3 aromatic rings. The quantitative estimate of drug-likeness (QED) is 0.557. The molecule has 0 fully saturated rings. The fraction of sp³-hybridized carbons (Fsp3) is 0.300. The number of anilines is 1. The van der Waals surface area contributed by atoms with Crippen molar-refractivity contribution in [2.24, 2.45) is 4.99 Å². The topological polar surface area (TPSA) is 105 Å². The van der Waals surface area contributed by atoms with Crippen LogP contribution in [0.15, 0.2) is 57.2 Å². The molecule has 3 heterocycles. The lowest BCUT2D eigenvalue weighted by atomic mass is 10.2. The minimum atomic E-state index is -3.82. The molecule has 0 saturated carbocycles. The molecule has 8 nitrogen and oxygen atoms in total. The third kappa shape index (κ3) is 3.84. The number of nitrogens with zero attached hydrogens (tertiary/aromatic N) is 2. The van der Waals surface area contributed by atoms with E-state index in [4.69, 9.17) is 9.15 Å². The Bertz CT molecular complexity index is 1200. The number of para-hydroxylation sites is 1. The number of furan rings is 1. The summed E-state index contributed by atoms with van der Waals surface area (Å²) in [6, 6.07) is 10.3. The maximum Gasteiger partial charge on any atom is 0.306 e. The van der Waals surface area contributed by atoms with Crippen molar-refractivity contribution in [2.45, 2.75) is 23.7 Å². The molecule has 0 bridgehead atoms. The molecule has 1 aliphatic rings. The number of aromatic amines is 1. The molecule has 1 atom stereocenters. The van der Waals surface area contributed by atoms with Gasteiger partial charge in [-0.15, -0.1) is 0 Å². The number of rotatable bonds is 7. The Labute approximate surface area is 178 Å². The molecule has 1 aromatic carbocycles. The van der Waals surface area contributed by atoms with Crippen molar-refractivity contribution in [3.05, 3.63) is 48.4 Å². The molecule has 158 valence electrons. The first kappa shape index (κ1) is 20.5. The molecule has 4 rings (SSSR count). The van der Waals surface area contributed by atoms with Crippen molar-refractivity contribution in [1.82, 2.24) is 4.98 Å². The number of carbonyl (C=O) groups excluding carboxylic acids is 1. The van der Waals surface area contributed by atoms with Crippen molar-refractivity contribution in [1.29, 1.82) is 0 Å². The van der Waals surface area contributed by atoms with Crippen LogP contribution in [0.2, 0.25) is 0 Å². The zero-order valence-electron chi connectivity index (χ0n) is 16.5.